The average Bonchev–Trinajstić information content (AvgIpc) is 3.08. The molecule has 6 nitrogen and oxygen atoms in total. The van der Waals surface area contributed by atoms with Crippen LogP contribution in [0.1, 0.15) is 11.1 Å². The van der Waals surface area contributed by atoms with E-state index in [9.17, 15) is 18.0 Å². The summed E-state index contributed by atoms with van der Waals surface area (Å²) >= 11 is 1.03. The third-order valence-electron chi connectivity index (χ3n) is 3.53. The number of thioether (sulfide) groups is 1. The van der Waals surface area contributed by atoms with Gasteiger partial charge in [-0.05, 0) is 59.7 Å². The molecule has 140 valence electrons. The number of rotatable bonds is 5. The summed E-state index contributed by atoms with van der Waals surface area (Å²) in [6.45, 7) is 3.88. The van der Waals surface area contributed by atoms with Crippen molar-refractivity contribution in [1.29, 1.82) is 0 Å². The zero-order valence-corrected chi connectivity index (χ0v) is 15.1. The highest BCUT2D eigenvalue weighted by Gasteiger charge is 2.17. The molecule has 1 aromatic heterocycles. The van der Waals surface area contributed by atoms with Crippen LogP contribution in [0, 0.1) is 31.3 Å². The van der Waals surface area contributed by atoms with Gasteiger partial charge in [-0.15, -0.1) is 5.10 Å². The topological polar surface area (TPSA) is 72.7 Å². The van der Waals surface area contributed by atoms with Crippen LogP contribution < -0.4 is 5.32 Å². The van der Waals surface area contributed by atoms with E-state index in [0.29, 0.717) is 5.16 Å². The summed E-state index contributed by atoms with van der Waals surface area (Å²) in [6, 6.07) is 7.48. The SMILES string of the molecule is Cc1cc(C)cc(-n2nnnc2SCC(=O)Nc2ccc(F)c(F)c2F)c1. The summed E-state index contributed by atoms with van der Waals surface area (Å²) in [4.78, 5) is 12.0. The number of amides is 1. The second-order valence-electron chi connectivity index (χ2n) is 5.78. The van der Waals surface area contributed by atoms with Crippen LogP contribution in [-0.4, -0.2) is 31.9 Å². The Bertz CT molecular complexity index is 988. The van der Waals surface area contributed by atoms with Gasteiger partial charge in [0.1, 0.15) is 0 Å². The van der Waals surface area contributed by atoms with Gasteiger partial charge in [-0.2, -0.15) is 4.68 Å². The molecule has 10 heteroatoms. The standard InChI is InChI=1S/C17H14F3N5OS/c1-9-5-10(2)7-11(6-9)25-17(22-23-24-25)27-8-14(26)21-13-4-3-12(18)15(19)16(13)20/h3-7H,8H2,1-2H3,(H,21,26). The first-order valence-electron chi connectivity index (χ1n) is 7.78. The number of aromatic nitrogens is 4. The highest BCUT2D eigenvalue weighted by Crippen LogP contribution is 2.22. The van der Waals surface area contributed by atoms with Gasteiger partial charge in [0.2, 0.25) is 11.1 Å². The van der Waals surface area contributed by atoms with Gasteiger partial charge in [0.05, 0.1) is 17.1 Å². The van der Waals surface area contributed by atoms with Crippen LogP contribution >= 0.6 is 11.8 Å². The van der Waals surface area contributed by atoms with Crippen molar-refractivity contribution >= 4 is 23.4 Å². The third kappa shape index (κ3) is 4.27. The fraction of sp³-hybridized carbons (Fsp3) is 0.176. The van der Waals surface area contributed by atoms with Crippen LogP contribution in [0.2, 0.25) is 0 Å². The molecule has 0 atom stereocenters. The Morgan fingerprint density at radius 3 is 2.52 bits per heavy atom. The molecule has 0 unspecified atom stereocenters. The molecule has 27 heavy (non-hydrogen) atoms. The lowest BCUT2D eigenvalue weighted by Crippen LogP contribution is -2.16. The quantitative estimate of drug-likeness (QED) is 0.531. The molecule has 2 aromatic carbocycles. The Balaban J connectivity index is 1.70. The average molecular weight is 393 g/mol. The summed E-state index contributed by atoms with van der Waals surface area (Å²) in [5.74, 6) is -5.18. The molecule has 0 bridgehead atoms. The van der Waals surface area contributed by atoms with Crippen LogP contribution in [0.5, 0.6) is 0 Å². The summed E-state index contributed by atoms with van der Waals surface area (Å²) in [6.07, 6.45) is 0. The fourth-order valence-corrected chi connectivity index (χ4v) is 3.13. The normalized spacial score (nSPS) is 10.9. The van der Waals surface area contributed by atoms with E-state index in [0.717, 1.165) is 40.7 Å². The first kappa shape index (κ1) is 18.9. The smallest absolute Gasteiger partial charge is 0.234 e. The van der Waals surface area contributed by atoms with Crippen LogP contribution in [-0.2, 0) is 4.79 Å². The number of nitrogens with zero attached hydrogens (tertiary/aromatic N) is 4. The van der Waals surface area contributed by atoms with Gasteiger partial charge in [-0.1, -0.05) is 17.8 Å². The largest absolute Gasteiger partial charge is 0.323 e. The number of halogens is 3. The summed E-state index contributed by atoms with van der Waals surface area (Å²) in [7, 11) is 0. The maximum Gasteiger partial charge on any atom is 0.234 e. The van der Waals surface area contributed by atoms with Gasteiger partial charge in [-0.3, -0.25) is 4.79 Å². The first-order chi connectivity index (χ1) is 12.8. The first-order valence-corrected chi connectivity index (χ1v) is 8.77. The Kier molecular flexibility index (Phi) is 5.45. The maximum absolute atomic E-state index is 13.6. The zero-order chi connectivity index (χ0) is 19.6. The fourth-order valence-electron chi connectivity index (χ4n) is 2.44. The van der Waals surface area contributed by atoms with E-state index in [-0.39, 0.29) is 5.75 Å². The predicted molar refractivity (Wildman–Crippen MR) is 94.3 cm³/mol. The van der Waals surface area contributed by atoms with Gasteiger partial charge in [0.25, 0.3) is 0 Å². The van der Waals surface area contributed by atoms with Crippen molar-refractivity contribution in [2.75, 3.05) is 11.1 Å². The summed E-state index contributed by atoms with van der Waals surface area (Å²) in [5, 5.41) is 14.0. The molecule has 0 aliphatic rings. The predicted octanol–water partition coefficient (Wildman–Crippen LogP) is 3.43. The van der Waals surface area contributed by atoms with Gasteiger partial charge in [-0.25, -0.2) is 13.2 Å². The monoisotopic (exact) mass is 393 g/mol. The second kappa shape index (κ2) is 7.78. The Morgan fingerprint density at radius 2 is 1.81 bits per heavy atom. The molecule has 1 amide bonds. The molecule has 0 spiro atoms. The van der Waals surface area contributed by atoms with Crippen molar-refractivity contribution < 1.29 is 18.0 Å². The number of tetrazole rings is 1. The molecule has 1 heterocycles. The van der Waals surface area contributed by atoms with Crippen LogP contribution in [0.4, 0.5) is 18.9 Å². The number of carbonyl (C=O) groups is 1. The van der Waals surface area contributed by atoms with Crippen LogP contribution in [0.25, 0.3) is 5.69 Å². The highest BCUT2D eigenvalue weighted by atomic mass is 32.2. The van der Waals surface area contributed by atoms with Crippen molar-refractivity contribution in [2.45, 2.75) is 19.0 Å². The van der Waals surface area contributed by atoms with Crippen molar-refractivity contribution in [3.8, 4) is 5.69 Å². The lowest BCUT2D eigenvalue weighted by molar-refractivity contribution is -0.113. The van der Waals surface area contributed by atoms with E-state index in [4.69, 9.17) is 0 Å². The number of hydrogen-bond acceptors (Lipinski definition) is 5. The zero-order valence-electron chi connectivity index (χ0n) is 14.3. The number of hydrogen-bond donors (Lipinski definition) is 1. The number of aryl methyl sites for hydroxylation is 2. The maximum atomic E-state index is 13.6. The van der Waals surface area contributed by atoms with Gasteiger partial charge >= 0.3 is 0 Å². The molecule has 0 fully saturated rings. The molecular weight excluding hydrogens is 379 g/mol. The second-order valence-corrected chi connectivity index (χ2v) is 6.72. The van der Waals surface area contributed by atoms with Gasteiger partial charge in [0.15, 0.2) is 17.5 Å². The molecule has 0 aliphatic heterocycles. The molecular formula is C17H14F3N5OS. The van der Waals surface area contributed by atoms with E-state index >= 15 is 0 Å². The number of nitrogens with one attached hydrogen (secondary N) is 1. The summed E-state index contributed by atoms with van der Waals surface area (Å²) < 4.78 is 41.3. The summed E-state index contributed by atoms with van der Waals surface area (Å²) in [5.41, 5.74) is 2.37. The minimum atomic E-state index is -1.64. The van der Waals surface area contributed by atoms with E-state index in [2.05, 4.69) is 20.8 Å². The lowest BCUT2D eigenvalue weighted by atomic mass is 10.1. The minimum Gasteiger partial charge on any atom is -0.323 e. The molecule has 0 saturated carbocycles. The molecule has 0 radical (unpaired) electrons. The third-order valence-corrected chi connectivity index (χ3v) is 4.45. The molecule has 1 N–H and O–H groups in total. The van der Waals surface area contributed by atoms with Gasteiger partial charge in [0, 0.05) is 0 Å². The minimum absolute atomic E-state index is 0.149. The van der Waals surface area contributed by atoms with Crippen molar-refractivity contribution in [3.63, 3.8) is 0 Å². The molecule has 0 saturated heterocycles. The van der Waals surface area contributed by atoms with Gasteiger partial charge < -0.3 is 5.32 Å². The highest BCUT2D eigenvalue weighted by molar-refractivity contribution is 7.99. The Hall–Kier alpha value is -2.88. The number of anilines is 1. The van der Waals surface area contributed by atoms with Crippen molar-refractivity contribution in [2.24, 2.45) is 0 Å². The van der Waals surface area contributed by atoms with Crippen molar-refractivity contribution in [1.82, 2.24) is 20.2 Å². The Morgan fingerprint density at radius 1 is 1.11 bits per heavy atom. The lowest BCUT2D eigenvalue weighted by Gasteiger charge is -2.08. The van der Waals surface area contributed by atoms with Crippen LogP contribution in [0.3, 0.4) is 0 Å². The van der Waals surface area contributed by atoms with E-state index in [1.165, 1.54) is 4.68 Å². The molecule has 3 rings (SSSR count). The van der Waals surface area contributed by atoms with E-state index < -0.39 is 29.0 Å². The Labute approximate surface area is 156 Å². The molecule has 3 aromatic rings. The van der Waals surface area contributed by atoms with Crippen molar-refractivity contribution in [3.05, 3.63) is 58.9 Å². The van der Waals surface area contributed by atoms with E-state index in [1.807, 2.05) is 32.0 Å². The molecule has 0 aliphatic carbocycles. The number of carbonyl (C=O) groups excluding carboxylic acids is 1. The van der Waals surface area contributed by atoms with Crippen LogP contribution in [0.15, 0.2) is 35.5 Å². The van der Waals surface area contributed by atoms with E-state index in [1.54, 1.807) is 0 Å². The number of benzene rings is 2.